The Bertz CT molecular complexity index is 480. The fraction of sp³-hybridized carbons (Fsp3) is 0. The van der Waals surface area contributed by atoms with E-state index in [9.17, 15) is 4.79 Å². The summed E-state index contributed by atoms with van der Waals surface area (Å²) in [7, 11) is 0. The lowest BCUT2D eigenvalue weighted by Crippen LogP contribution is -2.16. The van der Waals surface area contributed by atoms with Crippen molar-refractivity contribution >= 4 is 11.5 Å². The molecular formula is C10H10N4O. The van der Waals surface area contributed by atoms with Gasteiger partial charge in [-0.3, -0.25) is 15.8 Å². The van der Waals surface area contributed by atoms with Crippen molar-refractivity contribution in [2.45, 2.75) is 0 Å². The standard InChI is InChI=1S/C10H10N4O/c15-10-11-7-6-9(12-10)14-13-8-4-2-1-3-5-8/h1-7,13H,(H2,11,12,14,15). The third-order valence-electron chi connectivity index (χ3n) is 1.79. The van der Waals surface area contributed by atoms with Gasteiger partial charge in [0.15, 0.2) is 0 Å². The van der Waals surface area contributed by atoms with E-state index in [2.05, 4.69) is 20.8 Å². The van der Waals surface area contributed by atoms with Crippen LogP contribution in [0, 0.1) is 0 Å². The fourth-order valence-electron chi connectivity index (χ4n) is 1.10. The molecule has 3 N–H and O–H groups in total. The van der Waals surface area contributed by atoms with Gasteiger partial charge in [0.1, 0.15) is 5.82 Å². The van der Waals surface area contributed by atoms with Gasteiger partial charge in [-0.1, -0.05) is 18.2 Å². The molecule has 0 unspecified atom stereocenters. The van der Waals surface area contributed by atoms with Crippen molar-refractivity contribution < 1.29 is 0 Å². The minimum atomic E-state index is -0.380. The summed E-state index contributed by atoms with van der Waals surface area (Å²) in [5, 5.41) is 0. The molecule has 2 rings (SSSR count). The van der Waals surface area contributed by atoms with Gasteiger partial charge in [0.25, 0.3) is 0 Å². The quantitative estimate of drug-likeness (QED) is 0.654. The van der Waals surface area contributed by atoms with Gasteiger partial charge in [-0.2, -0.15) is 0 Å². The molecule has 1 heterocycles. The smallest absolute Gasteiger partial charge is 0.300 e. The molecular weight excluding hydrogens is 192 g/mol. The number of aromatic nitrogens is 2. The van der Waals surface area contributed by atoms with Crippen LogP contribution in [-0.4, -0.2) is 9.97 Å². The second kappa shape index (κ2) is 4.28. The van der Waals surface area contributed by atoms with Crippen molar-refractivity contribution in [1.82, 2.24) is 9.97 Å². The summed E-state index contributed by atoms with van der Waals surface area (Å²) in [5.41, 5.74) is 6.33. The summed E-state index contributed by atoms with van der Waals surface area (Å²) in [6.07, 6.45) is 1.44. The van der Waals surface area contributed by atoms with Crippen LogP contribution in [0.1, 0.15) is 0 Å². The molecule has 0 fully saturated rings. The molecule has 1 aromatic heterocycles. The molecule has 5 nitrogen and oxygen atoms in total. The van der Waals surface area contributed by atoms with E-state index in [0.29, 0.717) is 5.82 Å². The third-order valence-corrected chi connectivity index (χ3v) is 1.79. The highest BCUT2D eigenvalue weighted by molar-refractivity contribution is 5.48. The SMILES string of the molecule is O=c1nccc(NNc2ccccc2)[nH]1. The number of nitrogens with zero attached hydrogens (tertiary/aromatic N) is 1. The van der Waals surface area contributed by atoms with Crippen molar-refractivity contribution in [3.8, 4) is 0 Å². The number of aromatic amines is 1. The number of hydrogen-bond acceptors (Lipinski definition) is 4. The highest BCUT2D eigenvalue weighted by Gasteiger charge is 1.92. The van der Waals surface area contributed by atoms with Crippen LogP contribution in [0.4, 0.5) is 11.5 Å². The number of benzene rings is 1. The molecule has 0 atom stereocenters. The first kappa shape index (κ1) is 9.26. The average Bonchev–Trinajstić information content (AvgIpc) is 2.28. The zero-order chi connectivity index (χ0) is 10.5. The lowest BCUT2D eigenvalue weighted by Gasteiger charge is -2.08. The van der Waals surface area contributed by atoms with Crippen molar-refractivity contribution in [3.63, 3.8) is 0 Å². The first-order chi connectivity index (χ1) is 7.34. The van der Waals surface area contributed by atoms with Gasteiger partial charge < -0.3 is 0 Å². The zero-order valence-corrected chi connectivity index (χ0v) is 7.90. The van der Waals surface area contributed by atoms with Gasteiger partial charge in [-0.05, 0) is 18.2 Å². The van der Waals surface area contributed by atoms with Gasteiger partial charge in [0.2, 0.25) is 0 Å². The number of hydrazine groups is 1. The van der Waals surface area contributed by atoms with Gasteiger partial charge in [0.05, 0.1) is 5.69 Å². The Hall–Kier alpha value is -2.30. The molecule has 15 heavy (non-hydrogen) atoms. The molecule has 0 aliphatic heterocycles. The van der Waals surface area contributed by atoms with Crippen molar-refractivity contribution in [2.24, 2.45) is 0 Å². The van der Waals surface area contributed by atoms with Crippen LogP contribution >= 0.6 is 0 Å². The van der Waals surface area contributed by atoms with E-state index in [0.717, 1.165) is 5.69 Å². The van der Waals surface area contributed by atoms with Crippen LogP contribution < -0.4 is 16.5 Å². The summed E-state index contributed by atoms with van der Waals surface area (Å²) >= 11 is 0. The van der Waals surface area contributed by atoms with Gasteiger partial charge in [-0.15, -0.1) is 0 Å². The van der Waals surface area contributed by atoms with E-state index in [-0.39, 0.29) is 5.69 Å². The van der Waals surface area contributed by atoms with Crippen LogP contribution in [0.15, 0.2) is 47.4 Å². The molecule has 2 aromatic rings. The first-order valence-electron chi connectivity index (χ1n) is 4.47. The maximum absolute atomic E-state index is 10.9. The minimum Gasteiger partial charge on any atom is -0.300 e. The molecule has 76 valence electrons. The predicted molar refractivity (Wildman–Crippen MR) is 58.5 cm³/mol. The Balaban J connectivity index is 2.02. The molecule has 0 aliphatic rings. The van der Waals surface area contributed by atoms with Crippen LogP contribution in [-0.2, 0) is 0 Å². The summed E-state index contributed by atoms with van der Waals surface area (Å²) in [4.78, 5) is 16.9. The van der Waals surface area contributed by atoms with E-state index in [1.807, 2.05) is 30.3 Å². The summed E-state index contributed by atoms with van der Waals surface area (Å²) in [5.74, 6) is 0.568. The molecule has 0 amide bonds. The molecule has 0 aliphatic carbocycles. The second-order valence-electron chi connectivity index (χ2n) is 2.90. The highest BCUT2D eigenvalue weighted by Crippen LogP contribution is 2.05. The van der Waals surface area contributed by atoms with Gasteiger partial charge in [0, 0.05) is 6.20 Å². The molecule has 0 bridgehead atoms. The Morgan fingerprint density at radius 2 is 1.87 bits per heavy atom. The van der Waals surface area contributed by atoms with Gasteiger partial charge >= 0.3 is 5.69 Å². The normalized spacial score (nSPS) is 9.60. The summed E-state index contributed by atoms with van der Waals surface area (Å²) < 4.78 is 0. The third kappa shape index (κ3) is 2.57. The van der Waals surface area contributed by atoms with Crippen molar-refractivity contribution in [1.29, 1.82) is 0 Å². The summed E-state index contributed by atoms with van der Waals surface area (Å²) in [6, 6.07) is 11.2. The van der Waals surface area contributed by atoms with Crippen molar-refractivity contribution in [3.05, 3.63) is 53.1 Å². The van der Waals surface area contributed by atoms with E-state index in [1.165, 1.54) is 6.20 Å². The number of para-hydroxylation sites is 1. The van der Waals surface area contributed by atoms with E-state index >= 15 is 0 Å². The van der Waals surface area contributed by atoms with E-state index < -0.39 is 0 Å². The maximum Gasteiger partial charge on any atom is 0.346 e. The largest absolute Gasteiger partial charge is 0.346 e. The molecule has 0 saturated heterocycles. The molecule has 0 spiro atoms. The average molecular weight is 202 g/mol. The molecule has 1 aromatic carbocycles. The van der Waals surface area contributed by atoms with Crippen LogP contribution in [0.2, 0.25) is 0 Å². The minimum absolute atomic E-state index is 0.380. The Morgan fingerprint density at radius 3 is 2.60 bits per heavy atom. The molecule has 5 heteroatoms. The van der Waals surface area contributed by atoms with Crippen LogP contribution in [0.25, 0.3) is 0 Å². The van der Waals surface area contributed by atoms with Crippen LogP contribution in [0.5, 0.6) is 0 Å². The first-order valence-corrected chi connectivity index (χ1v) is 4.47. The topological polar surface area (TPSA) is 69.8 Å². The van der Waals surface area contributed by atoms with Gasteiger partial charge in [-0.25, -0.2) is 9.78 Å². The lowest BCUT2D eigenvalue weighted by atomic mass is 10.3. The predicted octanol–water partition coefficient (Wildman–Crippen LogP) is 1.21. The number of nitrogens with one attached hydrogen (secondary N) is 3. The monoisotopic (exact) mass is 202 g/mol. The zero-order valence-electron chi connectivity index (χ0n) is 7.90. The Labute approximate surface area is 86.2 Å². The summed E-state index contributed by atoms with van der Waals surface area (Å²) in [6.45, 7) is 0. The second-order valence-corrected chi connectivity index (χ2v) is 2.90. The molecule has 0 saturated carbocycles. The Kier molecular flexibility index (Phi) is 2.64. The number of H-pyrrole nitrogens is 1. The number of hydrogen-bond donors (Lipinski definition) is 3. The fourth-order valence-corrected chi connectivity index (χ4v) is 1.10. The number of anilines is 2. The lowest BCUT2D eigenvalue weighted by molar-refractivity contribution is 1.07. The van der Waals surface area contributed by atoms with E-state index in [1.54, 1.807) is 6.07 Å². The Morgan fingerprint density at radius 1 is 1.07 bits per heavy atom. The number of rotatable bonds is 3. The highest BCUT2D eigenvalue weighted by atomic mass is 16.1. The van der Waals surface area contributed by atoms with Crippen LogP contribution in [0.3, 0.4) is 0 Å². The van der Waals surface area contributed by atoms with E-state index in [4.69, 9.17) is 0 Å². The van der Waals surface area contributed by atoms with Crippen molar-refractivity contribution in [2.75, 3.05) is 10.9 Å². The maximum atomic E-state index is 10.9. The molecule has 0 radical (unpaired) electrons.